The van der Waals surface area contributed by atoms with Crippen LogP contribution in [0.2, 0.25) is 0 Å². The Morgan fingerprint density at radius 1 is 1.24 bits per heavy atom. The van der Waals surface area contributed by atoms with Gasteiger partial charge in [0, 0.05) is 38.4 Å². The van der Waals surface area contributed by atoms with Gasteiger partial charge in [0.15, 0.2) is 0 Å². The molecule has 1 amide bonds. The summed E-state index contributed by atoms with van der Waals surface area (Å²) in [7, 11) is 3.75. The Hall–Kier alpha value is -3.44. The van der Waals surface area contributed by atoms with Crippen LogP contribution in [0.1, 0.15) is 34.0 Å². The zero-order valence-electron chi connectivity index (χ0n) is 21.9. The van der Waals surface area contributed by atoms with Gasteiger partial charge in [0.1, 0.15) is 11.1 Å². The van der Waals surface area contributed by atoms with Crippen LogP contribution in [0.25, 0.3) is 11.0 Å². The first-order chi connectivity index (χ1) is 18.0. The van der Waals surface area contributed by atoms with Crippen molar-refractivity contribution in [3.63, 3.8) is 0 Å². The summed E-state index contributed by atoms with van der Waals surface area (Å²) >= 11 is 0. The first-order valence-corrected chi connectivity index (χ1v) is 12.4. The molecule has 4 rings (SSSR count). The molecule has 1 atom stereocenters. The Morgan fingerprint density at radius 3 is 2.61 bits per heavy atom. The van der Waals surface area contributed by atoms with Crippen LogP contribution in [0.15, 0.2) is 41.5 Å². The highest BCUT2D eigenvalue weighted by Crippen LogP contribution is 2.33. The number of benzene rings is 1. The van der Waals surface area contributed by atoms with Crippen LogP contribution in [0, 0.1) is 6.92 Å². The number of halogens is 3. The van der Waals surface area contributed by atoms with Gasteiger partial charge in [-0.25, -0.2) is 4.98 Å². The number of nitrogens with one attached hydrogen (secondary N) is 1. The minimum atomic E-state index is -4.50. The molecular weight excluding hydrogens is 499 g/mol. The number of fused-ring (bicyclic) bond motifs is 1. The third-order valence-electron chi connectivity index (χ3n) is 6.64. The number of morpholine rings is 1. The Balaban J connectivity index is 1.83. The largest absolute Gasteiger partial charge is 0.416 e. The van der Waals surface area contributed by atoms with E-state index in [9.17, 15) is 22.8 Å². The smallest absolute Gasteiger partial charge is 0.378 e. The van der Waals surface area contributed by atoms with Crippen LogP contribution in [-0.4, -0.2) is 73.3 Å². The van der Waals surface area contributed by atoms with Crippen molar-refractivity contribution in [3.8, 4) is 0 Å². The van der Waals surface area contributed by atoms with Crippen molar-refractivity contribution in [2.24, 2.45) is 0 Å². The van der Waals surface area contributed by atoms with Gasteiger partial charge < -0.3 is 24.4 Å². The second-order valence-electron chi connectivity index (χ2n) is 9.88. The number of anilines is 1. The van der Waals surface area contributed by atoms with Crippen molar-refractivity contribution in [1.29, 1.82) is 0 Å². The molecule has 38 heavy (non-hydrogen) atoms. The zero-order chi connectivity index (χ0) is 27.6. The molecule has 1 saturated heterocycles. The number of carbonyl (C=O) groups excluding carboxylic acids is 1. The fourth-order valence-corrected chi connectivity index (χ4v) is 4.78. The van der Waals surface area contributed by atoms with Gasteiger partial charge in [-0.15, -0.1) is 0 Å². The monoisotopic (exact) mass is 531 g/mol. The highest BCUT2D eigenvalue weighted by Gasteiger charge is 2.33. The topological polar surface area (TPSA) is 79.7 Å². The SMILES string of the molecule is Cc1c(Cn2cc(C(=O)NC(C)CN(C)C)c(=O)c3ncc(N4CCOCC4)cc32)cccc1C(F)(F)F. The number of amides is 1. The molecule has 1 aromatic carbocycles. The molecule has 1 N–H and O–H groups in total. The standard InChI is InChI=1S/C27H32F3N5O3/c1-17(14-33(3)4)32-26(37)21-16-35(15-19-6-5-7-22(18(19)2)27(28,29)30)23-12-20(13-31-24(23)25(21)36)34-8-10-38-11-9-34/h5-7,12-13,16-17H,8-11,14-15H2,1-4H3,(H,32,37). The molecule has 0 spiro atoms. The van der Waals surface area contributed by atoms with Crippen molar-refractivity contribution in [2.75, 3.05) is 51.8 Å². The van der Waals surface area contributed by atoms with Gasteiger partial charge >= 0.3 is 6.18 Å². The molecule has 1 aliphatic heterocycles. The lowest BCUT2D eigenvalue weighted by Crippen LogP contribution is -2.41. The van der Waals surface area contributed by atoms with E-state index in [1.54, 1.807) is 22.9 Å². The third kappa shape index (κ3) is 5.99. The van der Waals surface area contributed by atoms with E-state index in [1.165, 1.54) is 19.2 Å². The number of aromatic nitrogens is 2. The Kier molecular flexibility index (Phi) is 8.08. The highest BCUT2D eigenvalue weighted by molar-refractivity contribution is 5.97. The molecule has 3 aromatic rings. The maximum Gasteiger partial charge on any atom is 0.416 e. The predicted molar refractivity (Wildman–Crippen MR) is 140 cm³/mol. The number of carbonyl (C=O) groups is 1. The number of hydrogen-bond acceptors (Lipinski definition) is 6. The zero-order valence-corrected chi connectivity index (χ0v) is 21.9. The Morgan fingerprint density at radius 2 is 1.95 bits per heavy atom. The predicted octanol–water partition coefficient (Wildman–Crippen LogP) is 3.29. The van der Waals surface area contributed by atoms with E-state index in [-0.39, 0.29) is 29.2 Å². The summed E-state index contributed by atoms with van der Waals surface area (Å²) < 4.78 is 47.8. The molecule has 204 valence electrons. The quantitative estimate of drug-likeness (QED) is 0.504. The van der Waals surface area contributed by atoms with E-state index in [1.807, 2.05) is 25.9 Å². The average Bonchev–Trinajstić information content (AvgIpc) is 2.85. The Labute approximate surface area is 219 Å². The van der Waals surface area contributed by atoms with Crippen LogP contribution < -0.4 is 15.6 Å². The first-order valence-electron chi connectivity index (χ1n) is 12.4. The van der Waals surface area contributed by atoms with E-state index < -0.39 is 23.1 Å². The highest BCUT2D eigenvalue weighted by atomic mass is 19.4. The van der Waals surface area contributed by atoms with Crippen molar-refractivity contribution in [3.05, 3.63) is 69.1 Å². The van der Waals surface area contributed by atoms with Gasteiger partial charge in [0.25, 0.3) is 5.91 Å². The second-order valence-corrected chi connectivity index (χ2v) is 9.88. The molecule has 1 aliphatic rings. The van der Waals surface area contributed by atoms with Gasteiger partial charge in [-0.3, -0.25) is 9.59 Å². The van der Waals surface area contributed by atoms with E-state index in [4.69, 9.17) is 4.74 Å². The molecule has 1 unspecified atom stereocenters. The van der Waals surface area contributed by atoms with Gasteiger partial charge in [-0.2, -0.15) is 13.2 Å². The normalized spacial score (nSPS) is 15.2. The van der Waals surface area contributed by atoms with Crippen molar-refractivity contribution in [1.82, 2.24) is 19.8 Å². The minimum Gasteiger partial charge on any atom is -0.378 e. The van der Waals surface area contributed by atoms with Crippen LogP contribution in [0.5, 0.6) is 0 Å². The van der Waals surface area contributed by atoms with Crippen LogP contribution in [0.3, 0.4) is 0 Å². The van der Waals surface area contributed by atoms with E-state index in [2.05, 4.69) is 15.2 Å². The first kappa shape index (κ1) is 27.6. The molecule has 11 heteroatoms. The van der Waals surface area contributed by atoms with Crippen molar-refractivity contribution < 1.29 is 22.7 Å². The van der Waals surface area contributed by atoms with Gasteiger partial charge in [0.05, 0.1) is 36.2 Å². The fraction of sp³-hybridized carbons (Fsp3) is 0.444. The molecule has 0 bridgehead atoms. The number of pyridine rings is 2. The Bertz CT molecular complexity index is 1380. The molecule has 8 nitrogen and oxygen atoms in total. The summed E-state index contributed by atoms with van der Waals surface area (Å²) in [5.74, 6) is -0.556. The molecule has 3 heterocycles. The summed E-state index contributed by atoms with van der Waals surface area (Å²) in [6.45, 7) is 6.25. The van der Waals surface area contributed by atoms with Crippen molar-refractivity contribution in [2.45, 2.75) is 32.6 Å². The maximum absolute atomic E-state index is 13.6. The molecular formula is C27H32F3N5O3. The number of rotatable bonds is 7. The summed E-state index contributed by atoms with van der Waals surface area (Å²) in [6, 6.07) is 5.60. The van der Waals surface area contributed by atoms with E-state index >= 15 is 0 Å². The summed E-state index contributed by atoms with van der Waals surface area (Å²) in [4.78, 5) is 34.9. The summed E-state index contributed by atoms with van der Waals surface area (Å²) in [5, 5.41) is 2.84. The van der Waals surface area contributed by atoms with Crippen LogP contribution in [0.4, 0.5) is 18.9 Å². The summed E-state index contributed by atoms with van der Waals surface area (Å²) in [5.41, 5.74) is 0.450. The molecule has 2 aromatic heterocycles. The van der Waals surface area contributed by atoms with Gasteiger partial charge in [-0.1, -0.05) is 12.1 Å². The number of nitrogens with zero attached hydrogens (tertiary/aromatic N) is 4. The lowest BCUT2D eigenvalue weighted by molar-refractivity contribution is -0.138. The second kappa shape index (κ2) is 11.1. The van der Waals surface area contributed by atoms with E-state index in [0.717, 1.165) is 11.8 Å². The molecule has 0 aliphatic carbocycles. The lowest BCUT2D eigenvalue weighted by Gasteiger charge is -2.29. The maximum atomic E-state index is 13.6. The van der Waals surface area contributed by atoms with Gasteiger partial charge in [0.2, 0.25) is 5.43 Å². The number of hydrogen-bond donors (Lipinski definition) is 1. The lowest BCUT2D eigenvalue weighted by atomic mass is 10.0. The minimum absolute atomic E-state index is 0.0221. The number of ether oxygens (including phenoxy) is 1. The average molecular weight is 532 g/mol. The number of alkyl halides is 3. The van der Waals surface area contributed by atoms with Crippen molar-refractivity contribution >= 4 is 22.6 Å². The van der Waals surface area contributed by atoms with Gasteiger partial charge in [-0.05, 0) is 51.2 Å². The fourth-order valence-electron chi connectivity index (χ4n) is 4.78. The third-order valence-corrected chi connectivity index (χ3v) is 6.64. The molecule has 1 fully saturated rings. The molecule has 0 saturated carbocycles. The van der Waals surface area contributed by atoms with E-state index in [0.29, 0.717) is 43.9 Å². The summed E-state index contributed by atoms with van der Waals surface area (Å²) in [6.07, 6.45) is -1.48. The number of likely N-dealkylation sites (N-methyl/N-ethyl adjacent to an activating group) is 1. The van der Waals surface area contributed by atoms with Crippen LogP contribution >= 0.6 is 0 Å². The van der Waals surface area contributed by atoms with Crippen LogP contribution in [-0.2, 0) is 17.5 Å². The molecule has 0 radical (unpaired) electrons.